The lowest BCUT2D eigenvalue weighted by Gasteiger charge is -2.04. The third-order valence-corrected chi connectivity index (χ3v) is 6.06. The highest BCUT2D eigenvalue weighted by Gasteiger charge is 2.08. The van der Waals surface area contributed by atoms with E-state index in [2.05, 4.69) is 72.2 Å². The van der Waals surface area contributed by atoms with Crippen LogP contribution in [0.25, 0.3) is 0 Å². The van der Waals surface area contributed by atoms with Crippen LogP contribution in [0, 0.1) is 35.1 Å². The summed E-state index contributed by atoms with van der Waals surface area (Å²) < 4.78 is 26.9. The zero-order chi connectivity index (χ0) is 24.2. The summed E-state index contributed by atoms with van der Waals surface area (Å²) in [6.45, 7) is 16.9. The molecule has 2 aromatic rings. The number of halogens is 3. The Labute approximate surface area is 199 Å². The Bertz CT molecular complexity index is 937. The molecule has 0 N–H and O–H groups in total. The topological polar surface area (TPSA) is 0 Å². The van der Waals surface area contributed by atoms with Crippen molar-refractivity contribution < 1.29 is 8.78 Å². The summed E-state index contributed by atoms with van der Waals surface area (Å²) in [6.07, 6.45) is 6.58. The number of hydrogen-bond acceptors (Lipinski definition) is 0. The van der Waals surface area contributed by atoms with E-state index in [-0.39, 0.29) is 11.6 Å². The first-order valence-electron chi connectivity index (χ1n) is 10.5. The molecule has 0 aliphatic carbocycles. The van der Waals surface area contributed by atoms with Gasteiger partial charge in [-0.1, -0.05) is 75.0 Å². The molecule has 2 rings (SSSR count). The van der Waals surface area contributed by atoms with E-state index in [1.807, 2.05) is 19.9 Å². The van der Waals surface area contributed by atoms with E-state index in [1.165, 1.54) is 12.1 Å². The first-order valence-corrected chi connectivity index (χ1v) is 18.2. The van der Waals surface area contributed by atoms with Gasteiger partial charge in [0.15, 0.2) is 0 Å². The normalized spacial score (nSPS) is 10.4. The molecule has 0 spiro atoms. The SMILES string of the molecule is C#C[Si](C)(C)C.CCc1cc(Br)ccc1F.CCc1cc(C#C[Si](C)(C)C)ccc1F. The molecule has 0 amide bonds. The van der Waals surface area contributed by atoms with Crippen molar-refractivity contribution in [3.63, 3.8) is 0 Å². The lowest BCUT2D eigenvalue weighted by molar-refractivity contribution is 0.611. The molecule has 0 aliphatic heterocycles. The smallest absolute Gasteiger partial charge is 0.129 e. The highest BCUT2D eigenvalue weighted by Crippen LogP contribution is 2.15. The summed E-state index contributed by atoms with van der Waals surface area (Å²) in [5.41, 5.74) is 8.45. The molecule has 0 bridgehead atoms. The monoisotopic (exact) mass is 520 g/mol. The van der Waals surface area contributed by atoms with Gasteiger partial charge >= 0.3 is 0 Å². The molecule has 0 unspecified atom stereocenters. The van der Waals surface area contributed by atoms with Gasteiger partial charge in [0.2, 0.25) is 0 Å². The van der Waals surface area contributed by atoms with Crippen LogP contribution in [0.2, 0.25) is 39.3 Å². The summed E-state index contributed by atoms with van der Waals surface area (Å²) >= 11 is 3.27. The van der Waals surface area contributed by atoms with E-state index in [1.54, 1.807) is 18.2 Å². The van der Waals surface area contributed by atoms with E-state index in [0.717, 1.165) is 27.6 Å². The zero-order valence-corrected chi connectivity index (χ0v) is 23.7. The second-order valence-electron chi connectivity index (χ2n) is 9.14. The fourth-order valence-corrected chi connectivity index (χ4v) is 2.93. The average Bonchev–Trinajstić information content (AvgIpc) is 2.69. The quantitative estimate of drug-likeness (QED) is 0.276. The van der Waals surface area contributed by atoms with E-state index in [4.69, 9.17) is 6.42 Å². The minimum Gasteiger partial charge on any atom is -0.207 e. The maximum absolute atomic E-state index is 13.2. The van der Waals surface area contributed by atoms with E-state index in [0.29, 0.717) is 6.42 Å². The number of aryl methyl sites for hydroxylation is 2. The van der Waals surface area contributed by atoms with E-state index >= 15 is 0 Å². The van der Waals surface area contributed by atoms with Crippen molar-refractivity contribution in [1.82, 2.24) is 0 Å². The van der Waals surface area contributed by atoms with Crippen LogP contribution in [0.1, 0.15) is 30.5 Å². The van der Waals surface area contributed by atoms with Crippen molar-refractivity contribution in [1.29, 1.82) is 0 Å². The lowest BCUT2D eigenvalue weighted by atomic mass is 10.1. The molecule has 0 nitrogen and oxygen atoms in total. The van der Waals surface area contributed by atoms with Gasteiger partial charge in [-0.25, -0.2) is 8.78 Å². The van der Waals surface area contributed by atoms with Crippen LogP contribution in [0.3, 0.4) is 0 Å². The fourth-order valence-electron chi connectivity index (χ4n) is 2.00. The third kappa shape index (κ3) is 14.1. The summed E-state index contributed by atoms with van der Waals surface area (Å²) in [5, 5.41) is 0. The largest absolute Gasteiger partial charge is 0.207 e. The maximum Gasteiger partial charge on any atom is 0.129 e. The van der Waals surface area contributed by atoms with Crippen LogP contribution < -0.4 is 0 Å². The van der Waals surface area contributed by atoms with Crippen LogP contribution in [-0.2, 0) is 12.8 Å². The van der Waals surface area contributed by atoms with Crippen LogP contribution in [0.15, 0.2) is 40.9 Å². The molecule has 31 heavy (non-hydrogen) atoms. The molecular weight excluding hydrogens is 486 g/mol. The van der Waals surface area contributed by atoms with Gasteiger partial charge in [0.05, 0.1) is 0 Å². The Morgan fingerprint density at radius 2 is 1.26 bits per heavy atom. The molecular formula is C26H35BrF2Si2. The lowest BCUT2D eigenvalue weighted by Crippen LogP contribution is -2.16. The number of terminal acetylenes is 1. The average molecular weight is 522 g/mol. The number of hydrogen-bond donors (Lipinski definition) is 0. The van der Waals surface area contributed by atoms with E-state index in [9.17, 15) is 8.78 Å². The first kappa shape index (κ1) is 29.3. The van der Waals surface area contributed by atoms with Crippen molar-refractivity contribution in [3.8, 4) is 23.4 Å². The molecule has 0 radical (unpaired) electrons. The van der Waals surface area contributed by atoms with Crippen LogP contribution in [-0.4, -0.2) is 16.1 Å². The number of rotatable bonds is 2. The molecule has 168 valence electrons. The highest BCUT2D eigenvalue weighted by atomic mass is 79.9. The Kier molecular flexibility index (Phi) is 12.9. The van der Waals surface area contributed by atoms with Gasteiger partial charge in [-0.15, -0.1) is 17.5 Å². The predicted octanol–water partition coefficient (Wildman–Crippen LogP) is 8.26. The minimum atomic E-state index is -1.34. The minimum absolute atomic E-state index is 0.120. The second kappa shape index (κ2) is 13.7. The molecule has 0 atom stereocenters. The van der Waals surface area contributed by atoms with Crippen molar-refractivity contribution in [2.24, 2.45) is 0 Å². The third-order valence-electron chi connectivity index (χ3n) is 3.83. The van der Waals surface area contributed by atoms with Crippen molar-refractivity contribution in [3.05, 3.63) is 69.2 Å². The molecule has 5 heteroatoms. The van der Waals surface area contributed by atoms with Gasteiger partial charge in [-0.2, -0.15) is 0 Å². The molecule has 0 saturated carbocycles. The van der Waals surface area contributed by atoms with Gasteiger partial charge in [-0.3, -0.25) is 0 Å². The first-order chi connectivity index (χ1) is 14.2. The van der Waals surface area contributed by atoms with Crippen LogP contribution in [0.5, 0.6) is 0 Å². The van der Waals surface area contributed by atoms with Gasteiger partial charge in [0, 0.05) is 10.0 Å². The molecule has 2 aromatic carbocycles. The van der Waals surface area contributed by atoms with Crippen molar-refractivity contribution in [2.45, 2.75) is 66.0 Å². The van der Waals surface area contributed by atoms with Gasteiger partial charge in [-0.05, 0) is 60.4 Å². The summed E-state index contributed by atoms with van der Waals surface area (Å²) in [4.78, 5) is 0. The molecule has 0 fully saturated rings. The molecule has 0 heterocycles. The summed E-state index contributed by atoms with van der Waals surface area (Å²) in [7, 11) is -2.44. The molecule has 0 aromatic heterocycles. The summed E-state index contributed by atoms with van der Waals surface area (Å²) in [5.74, 6) is 2.88. The maximum atomic E-state index is 13.2. The molecule has 0 saturated heterocycles. The van der Waals surface area contributed by atoms with E-state index < -0.39 is 16.1 Å². The second-order valence-corrected chi connectivity index (χ2v) is 19.6. The van der Waals surface area contributed by atoms with Crippen LogP contribution >= 0.6 is 15.9 Å². The Morgan fingerprint density at radius 1 is 0.806 bits per heavy atom. The number of benzene rings is 2. The van der Waals surface area contributed by atoms with Gasteiger partial charge < -0.3 is 0 Å². The zero-order valence-electron chi connectivity index (χ0n) is 20.1. The Hall–Kier alpha value is -1.67. The van der Waals surface area contributed by atoms with Crippen molar-refractivity contribution in [2.75, 3.05) is 0 Å². The van der Waals surface area contributed by atoms with Crippen molar-refractivity contribution >= 4 is 32.1 Å². The fraction of sp³-hybridized carbons (Fsp3) is 0.385. The van der Waals surface area contributed by atoms with Crippen LogP contribution in [0.4, 0.5) is 8.78 Å². The predicted molar refractivity (Wildman–Crippen MR) is 142 cm³/mol. The molecule has 0 aliphatic rings. The standard InChI is InChI=1S/C13H17FSi.C8H8BrF.C5H10Si/c1-5-12-10-11(6-7-13(12)14)8-9-15(2,3)4;1-2-6-5-7(9)3-4-8(6)10;1-5-6(2,3)4/h6-7,10H,5H2,1-4H3;3-5H,2H2,1H3;1H,2-4H3. The Morgan fingerprint density at radius 3 is 1.65 bits per heavy atom. The highest BCUT2D eigenvalue weighted by molar-refractivity contribution is 9.10. The van der Waals surface area contributed by atoms with Gasteiger partial charge in [0.25, 0.3) is 0 Å². The summed E-state index contributed by atoms with van der Waals surface area (Å²) in [6, 6.07) is 10.1. The van der Waals surface area contributed by atoms with Gasteiger partial charge in [0.1, 0.15) is 27.8 Å². The Balaban J connectivity index is 0.000000484.